The summed E-state index contributed by atoms with van der Waals surface area (Å²) in [4.78, 5) is 15.8. The number of halogens is 2. The van der Waals surface area contributed by atoms with Crippen molar-refractivity contribution in [1.29, 1.82) is 0 Å². The van der Waals surface area contributed by atoms with E-state index in [0.29, 0.717) is 13.1 Å². The minimum Gasteiger partial charge on any atom is -0.444 e. The minimum absolute atomic E-state index is 0.0439. The first-order chi connectivity index (χ1) is 10.6. The highest BCUT2D eigenvalue weighted by molar-refractivity contribution is 5.67. The van der Waals surface area contributed by atoms with Crippen molar-refractivity contribution < 1.29 is 18.3 Å². The molecule has 1 aliphatic rings. The molecule has 6 heteroatoms. The van der Waals surface area contributed by atoms with Crippen LogP contribution in [0, 0.1) is 18.6 Å². The second kappa shape index (κ2) is 8.08. The maximum Gasteiger partial charge on any atom is 0.410 e. The molecule has 4 nitrogen and oxygen atoms in total. The Morgan fingerprint density at radius 1 is 1.23 bits per heavy atom. The smallest absolute Gasteiger partial charge is 0.410 e. The van der Waals surface area contributed by atoms with Gasteiger partial charge in [-0.3, -0.25) is 4.90 Å². The molecular weight excluding hydrogens is 290 g/mol. The third-order valence-corrected chi connectivity index (χ3v) is 3.74. The molecule has 1 aliphatic heterocycles. The quantitative estimate of drug-likeness (QED) is 0.838. The number of piperazine rings is 1. The van der Waals surface area contributed by atoms with Crippen molar-refractivity contribution in [3.63, 3.8) is 0 Å². The van der Waals surface area contributed by atoms with Gasteiger partial charge in [-0.2, -0.15) is 0 Å². The zero-order chi connectivity index (χ0) is 15.9. The lowest BCUT2D eigenvalue weighted by atomic mass is 10.2. The summed E-state index contributed by atoms with van der Waals surface area (Å²) >= 11 is 0. The Kier molecular flexibility index (Phi) is 6.12. The molecule has 2 rings (SSSR count). The lowest BCUT2D eigenvalue weighted by molar-refractivity contribution is 0.0707. The predicted molar refractivity (Wildman–Crippen MR) is 79.1 cm³/mol. The molecule has 1 aromatic rings. The molecule has 0 saturated carbocycles. The highest BCUT2D eigenvalue weighted by Gasteiger charge is 2.22. The van der Waals surface area contributed by atoms with Crippen LogP contribution in [0.2, 0.25) is 0 Å². The Morgan fingerprint density at radius 3 is 2.64 bits per heavy atom. The normalized spacial score (nSPS) is 15.9. The van der Waals surface area contributed by atoms with Crippen molar-refractivity contribution >= 4 is 6.09 Å². The molecule has 0 N–H and O–H groups in total. The number of carbonyl (C=O) groups is 1. The summed E-state index contributed by atoms with van der Waals surface area (Å²) in [6, 6.07) is 3.83. The van der Waals surface area contributed by atoms with Crippen LogP contribution in [0.25, 0.3) is 0 Å². The Labute approximate surface area is 129 Å². The number of benzene rings is 1. The predicted octanol–water partition coefficient (Wildman–Crippen LogP) is 2.83. The lowest BCUT2D eigenvalue weighted by Crippen LogP contribution is -2.48. The van der Waals surface area contributed by atoms with Gasteiger partial charge in [0.15, 0.2) is 11.6 Å². The van der Waals surface area contributed by atoms with E-state index in [1.807, 2.05) is 0 Å². The zero-order valence-corrected chi connectivity index (χ0v) is 12.6. The van der Waals surface area contributed by atoms with Crippen LogP contribution in [0.15, 0.2) is 18.2 Å². The van der Waals surface area contributed by atoms with E-state index in [1.165, 1.54) is 12.1 Å². The summed E-state index contributed by atoms with van der Waals surface area (Å²) in [5.41, 5.74) is 0.0439. The molecule has 1 aromatic carbocycles. The molecule has 1 radical (unpaired) electrons. The number of carbonyl (C=O) groups excluding carboxylic acids is 1. The maximum atomic E-state index is 13.5. The topological polar surface area (TPSA) is 32.8 Å². The van der Waals surface area contributed by atoms with Crippen molar-refractivity contribution in [3.8, 4) is 0 Å². The van der Waals surface area contributed by atoms with Crippen molar-refractivity contribution in [1.82, 2.24) is 9.80 Å². The van der Waals surface area contributed by atoms with E-state index < -0.39 is 17.7 Å². The van der Waals surface area contributed by atoms with Gasteiger partial charge in [0.05, 0.1) is 0 Å². The average Bonchev–Trinajstić information content (AvgIpc) is 2.54. The van der Waals surface area contributed by atoms with E-state index in [1.54, 1.807) is 4.90 Å². The molecule has 0 bridgehead atoms. The maximum absolute atomic E-state index is 13.5. The average molecular weight is 311 g/mol. The van der Waals surface area contributed by atoms with E-state index in [2.05, 4.69) is 11.8 Å². The van der Waals surface area contributed by atoms with Gasteiger partial charge in [-0.25, -0.2) is 13.6 Å². The molecular formula is C16H21F2N2O2. The third-order valence-electron chi connectivity index (χ3n) is 3.74. The largest absolute Gasteiger partial charge is 0.444 e. The second-order valence-corrected chi connectivity index (χ2v) is 5.30. The van der Waals surface area contributed by atoms with Gasteiger partial charge in [0.2, 0.25) is 0 Å². The number of nitrogens with zero attached hydrogens (tertiary/aromatic N) is 2. The van der Waals surface area contributed by atoms with Crippen LogP contribution in [0.1, 0.15) is 18.4 Å². The highest BCUT2D eigenvalue weighted by atomic mass is 19.2. The number of rotatable bonds is 5. The van der Waals surface area contributed by atoms with Crippen LogP contribution in [0.5, 0.6) is 0 Å². The van der Waals surface area contributed by atoms with E-state index >= 15 is 0 Å². The van der Waals surface area contributed by atoms with Crippen molar-refractivity contribution in [3.05, 3.63) is 42.3 Å². The Hall–Kier alpha value is -1.69. The molecule has 0 atom stereocenters. The number of unbranched alkanes of at least 4 members (excludes halogenated alkanes) is 1. The highest BCUT2D eigenvalue weighted by Crippen LogP contribution is 2.13. The van der Waals surface area contributed by atoms with Gasteiger partial charge in [0, 0.05) is 31.7 Å². The molecule has 1 fully saturated rings. The van der Waals surface area contributed by atoms with E-state index in [9.17, 15) is 13.6 Å². The summed E-state index contributed by atoms with van der Waals surface area (Å²) < 4.78 is 31.6. The first-order valence-corrected chi connectivity index (χ1v) is 7.48. The number of hydrogen-bond donors (Lipinski definition) is 0. The monoisotopic (exact) mass is 311 g/mol. The first-order valence-electron chi connectivity index (χ1n) is 7.48. The molecule has 121 valence electrons. The number of ether oxygens (including phenoxy) is 1. The van der Waals surface area contributed by atoms with Crippen molar-refractivity contribution in [2.45, 2.75) is 19.4 Å². The van der Waals surface area contributed by atoms with Gasteiger partial charge in [-0.05, 0) is 19.0 Å². The van der Waals surface area contributed by atoms with Crippen LogP contribution in [-0.4, -0.2) is 48.6 Å². The third kappa shape index (κ3) is 4.40. The molecule has 22 heavy (non-hydrogen) atoms. The van der Waals surface area contributed by atoms with Crippen LogP contribution < -0.4 is 0 Å². The van der Waals surface area contributed by atoms with Gasteiger partial charge in [0.1, 0.15) is 6.61 Å². The minimum atomic E-state index is -0.965. The standard InChI is InChI=1S/C16H21F2N2O2/c1-2-3-7-19-8-10-20(11-9-19)16(21)22-12-13-5-4-6-14(17)15(13)18/h4-6H,1-3,7-12H2. The van der Waals surface area contributed by atoms with Crippen LogP contribution >= 0.6 is 0 Å². The van der Waals surface area contributed by atoms with Gasteiger partial charge < -0.3 is 9.64 Å². The molecule has 0 aromatic heterocycles. The summed E-state index contributed by atoms with van der Waals surface area (Å²) in [6.45, 7) is 7.30. The lowest BCUT2D eigenvalue weighted by Gasteiger charge is -2.34. The Bertz CT molecular complexity index is 503. The van der Waals surface area contributed by atoms with Gasteiger partial charge in [-0.1, -0.05) is 25.5 Å². The molecule has 0 aliphatic carbocycles. The van der Waals surface area contributed by atoms with Gasteiger partial charge >= 0.3 is 6.09 Å². The number of hydrogen-bond acceptors (Lipinski definition) is 3. The van der Waals surface area contributed by atoms with E-state index in [-0.39, 0.29) is 12.2 Å². The van der Waals surface area contributed by atoms with Gasteiger partial charge in [-0.15, -0.1) is 0 Å². The molecule has 1 saturated heterocycles. The Balaban J connectivity index is 1.78. The van der Waals surface area contributed by atoms with Gasteiger partial charge in [0.25, 0.3) is 0 Å². The van der Waals surface area contributed by atoms with Crippen molar-refractivity contribution in [2.24, 2.45) is 0 Å². The summed E-state index contributed by atoms with van der Waals surface area (Å²) in [6.07, 6.45) is 1.46. The van der Waals surface area contributed by atoms with Crippen LogP contribution in [0.4, 0.5) is 13.6 Å². The molecule has 0 unspecified atom stereocenters. The molecule has 1 amide bonds. The van der Waals surface area contributed by atoms with Crippen LogP contribution in [-0.2, 0) is 11.3 Å². The Morgan fingerprint density at radius 2 is 1.95 bits per heavy atom. The second-order valence-electron chi connectivity index (χ2n) is 5.30. The fourth-order valence-electron chi connectivity index (χ4n) is 2.38. The van der Waals surface area contributed by atoms with Crippen LogP contribution in [0.3, 0.4) is 0 Å². The van der Waals surface area contributed by atoms with E-state index in [0.717, 1.165) is 38.5 Å². The van der Waals surface area contributed by atoms with E-state index in [4.69, 9.17) is 4.74 Å². The fraction of sp³-hybridized carbons (Fsp3) is 0.500. The summed E-state index contributed by atoms with van der Waals surface area (Å²) in [5, 5.41) is 0. The summed E-state index contributed by atoms with van der Waals surface area (Å²) in [5.74, 6) is -1.90. The zero-order valence-electron chi connectivity index (χ0n) is 12.6. The first kappa shape index (κ1) is 16.7. The fourth-order valence-corrected chi connectivity index (χ4v) is 2.38. The summed E-state index contributed by atoms with van der Waals surface area (Å²) in [7, 11) is 0. The molecule has 1 heterocycles. The SMILES string of the molecule is [CH2]CCCN1CCN(C(=O)OCc2cccc(F)c2F)CC1. The van der Waals surface area contributed by atoms with Crippen molar-refractivity contribution in [2.75, 3.05) is 32.7 Å². The molecule has 0 spiro atoms. The number of amides is 1.